The molecule has 11 heteroatoms. The smallest absolute Gasteiger partial charge is 0.277 e. The number of amides is 2. The number of rotatable bonds is 7. The number of piperazine rings is 1. The van der Waals surface area contributed by atoms with Gasteiger partial charge in [0.15, 0.2) is 0 Å². The fourth-order valence-electron chi connectivity index (χ4n) is 3.90. The molecule has 5 rings (SSSR count). The Morgan fingerprint density at radius 1 is 0.919 bits per heavy atom. The molecule has 3 heterocycles. The van der Waals surface area contributed by atoms with Gasteiger partial charge in [-0.05, 0) is 60.7 Å². The third-order valence-electron chi connectivity index (χ3n) is 5.83. The topological polar surface area (TPSA) is 104 Å². The summed E-state index contributed by atoms with van der Waals surface area (Å²) in [5.41, 5.74) is 3.23. The maximum absolute atomic E-state index is 12.7. The van der Waals surface area contributed by atoms with Crippen molar-refractivity contribution >= 4 is 50.9 Å². The van der Waals surface area contributed by atoms with Gasteiger partial charge in [0.1, 0.15) is 0 Å². The molecule has 0 aliphatic carbocycles. The molecule has 37 heavy (non-hydrogen) atoms. The summed E-state index contributed by atoms with van der Waals surface area (Å²) in [7, 11) is 0. The van der Waals surface area contributed by atoms with Gasteiger partial charge in [-0.25, -0.2) is 0 Å². The van der Waals surface area contributed by atoms with Gasteiger partial charge in [0.2, 0.25) is 11.8 Å². The van der Waals surface area contributed by atoms with E-state index in [1.807, 2.05) is 53.4 Å². The average Bonchev–Trinajstić information content (AvgIpc) is 3.42. The number of thioether (sulfide) groups is 1. The number of halogens is 1. The standard InChI is InChI=1S/C26H23BrN6O3S/c27-20-3-1-19(2-4-20)25(35)33-15-13-32(14-16-33)22-7-5-21(6-8-22)29-23(34)17-37-26-31-30-24(36-26)18-9-11-28-12-10-18/h1-12H,13-17H2,(H,29,34). The van der Waals surface area contributed by atoms with Crippen LogP contribution in [0.1, 0.15) is 10.4 Å². The number of hydrogen-bond acceptors (Lipinski definition) is 8. The highest BCUT2D eigenvalue weighted by Crippen LogP contribution is 2.24. The van der Waals surface area contributed by atoms with E-state index in [0.29, 0.717) is 35.5 Å². The SMILES string of the molecule is O=C(CSc1nnc(-c2ccncc2)o1)Nc1ccc(N2CCN(C(=O)c3ccc(Br)cc3)CC2)cc1. The summed E-state index contributed by atoms with van der Waals surface area (Å²) in [5.74, 6) is 0.423. The van der Waals surface area contributed by atoms with Crippen molar-refractivity contribution in [3.8, 4) is 11.5 Å². The molecular weight excluding hydrogens is 556 g/mol. The minimum absolute atomic E-state index is 0.0530. The minimum atomic E-state index is -0.165. The lowest BCUT2D eigenvalue weighted by atomic mass is 10.1. The molecule has 0 saturated carbocycles. The molecule has 0 bridgehead atoms. The lowest BCUT2D eigenvalue weighted by Crippen LogP contribution is -2.48. The van der Waals surface area contributed by atoms with Gasteiger partial charge in [-0.15, -0.1) is 10.2 Å². The number of benzene rings is 2. The van der Waals surface area contributed by atoms with Crippen molar-refractivity contribution in [1.29, 1.82) is 0 Å². The highest BCUT2D eigenvalue weighted by Gasteiger charge is 2.22. The third-order valence-corrected chi connectivity index (χ3v) is 7.18. The Labute approximate surface area is 226 Å². The summed E-state index contributed by atoms with van der Waals surface area (Å²) in [4.78, 5) is 33.2. The second kappa shape index (κ2) is 11.6. The third kappa shape index (κ3) is 6.36. The van der Waals surface area contributed by atoms with Crippen LogP contribution >= 0.6 is 27.7 Å². The molecule has 0 atom stereocenters. The zero-order chi connectivity index (χ0) is 25.6. The maximum Gasteiger partial charge on any atom is 0.277 e. The van der Waals surface area contributed by atoms with Crippen LogP contribution in [0.15, 0.2) is 87.2 Å². The van der Waals surface area contributed by atoms with Gasteiger partial charge in [0.25, 0.3) is 11.1 Å². The molecular formula is C26H23BrN6O3S. The predicted octanol–water partition coefficient (Wildman–Crippen LogP) is 4.59. The van der Waals surface area contributed by atoms with E-state index < -0.39 is 0 Å². The first-order chi connectivity index (χ1) is 18.0. The maximum atomic E-state index is 12.7. The summed E-state index contributed by atoms with van der Waals surface area (Å²) >= 11 is 4.58. The van der Waals surface area contributed by atoms with E-state index >= 15 is 0 Å². The zero-order valence-corrected chi connectivity index (χ0v) is 22.1. The lowest BCUT2D eigenvalue weighted by Gasteiger charge is -2.36. The Kier molecular flexibility index (Phi) is 7.81. The fraction of sp³-hybridized carbons (Fsp3) is 0.192. The predicted molar refractivity (Wildman–Crippen MR) is 146 cm³/mol. The van der Waals surface area contributed by atoms with Crippen LogP contribution in [0.4, 0.5) is 11.4 Å². The van der Waals surface area contributed by atoms with E-state index in [1.165, 1.54) is 11.8 Å². The van der Waals surface area contributed by atoms with Crippen LogP contribution in [-0.4, -0.2) is 63.8 Å². The highest BCUT2D eigenvalue weighted by molar-refractivity contribution is 9.10. The highest BCUT2D eigenvalue weighted by atomic mass is 79.9. The number of hydrogen-bond donors (Lipinski definition) is 1. The fourth-order valence-corrected chi connectivity index (χ4v) is 4.73. The number of anilines is 2. The molecule has 1 fully saturated rings. The Morgan fingerprint density at radius 3 is 2.32 bits per heavy atom. The van der Waals surface area contributed by atoms with Crippen molar-refractivity contribution in [2.24, 2.45) is 0 Å². The number of nitrogens with one attached hydrogen (secondary N) is 1. The first-order valence-electron chi connectivity index (χ1n) is 11.6. The monoisotopic (exact) mass is 578 g/mol. The lowest BCUT2D eigenvalue weighted by molar-refractivity contribution is -0.113. The van der Waals surface area contributed by atoms with Crippen LogP contribution in [-0.2, 0) is 4.79 Å². The zero-order valence-electron chi connectivity index (χ0n) is 19.7. The van der Waals surface area contributed by atoms with E-state index in [1.54, 1.807) is 24.5 Å². The van der Waals surface area contributed by atoms with E-state index in [9.17, 15) is 9.59 Å². The van der Waals surface area contributed by atoms with Gasteiger partial charge in [-0.1, -0.05) is 27.7 Å². The van der Waals surface area contributed by atoms with Gasteiger partial charge in [0.05, 0.1) is 5.75 Å². The summed E-state index contributed by atoms with van der Waals surface area (Å²) in [5, 5.41) is 11.2. The van der Waals surface area contributed by atoms with Crippen LogP contribution < -0.4 is 10.2 Å². The normalized spacial score (nSPS) is 13.4. The number of nitrogens with zero attached hydrogens (tertiary/aromatic N) is 5. The first kappa shape index (κ1) is 25.0. The Morgan fingerprint density at radius 2 is 1.62 bits per heavy atom. The Hall–Kier alpha value is -3.70. The van der Waals surface area contributed by atoms with E-state index in [2.05, 4.69) is 41.3 Å². The van der Waals surface area contributed by atoms with Gasteiger partial charge in [0, 0.05) is 65.5 Å². The average molecular weight is 579 g/mol. The minimum Gasteiger partial charge on any atom is -0.411 e. The molecule has 2 aromatic carbocycles. The molecule has 0 radical (unpaired) electrons. The van der Waals surface area contributed by atoms with Crippen LogP contribution in [0.5, 0.6) is 0 Å². The number of pyridine rings is 1. The molecule has 1 N–H and O–H groups in total. The quantitative estimate of drug-likeness (QED) is 0.317. The molecule has 0 spiro atoms. The summed E-state index contributed by atoms with van der Waals surface area (Å²) in [6.45, 7) is 2.80. The van der Waals surface area contributed by atoms with Crippen molar-refractivity contribution in [1.82, 2.24) is 20.1 Å². The molecule has 1 aliphatic heterocycles. The molecule has 4 aromatic rings. The molecule has 2 aromatic heterocycles. The van der Waals surface area contributed by atoms with Gasteiger partial charge >= 0.3 is 0 Å². The Bertz CT molecular complexity index is 1360. The van der Waals surface area contributed by atoms with E-state index in [4.69, 9.17) is 4.42 Å². The Balaban J connectivity index is 1.08. The van der Waals surface area contributed by atoms with Crippen LogP contribution in [0.25, 0.3) is 11.5 Å². The molecule has 1 saturated heterocycles. The van der Waals surface area contributed by atoms with E-state index in [0.717, 1.165) is 28.8 Å². The second-order valence-corrected chi connectivity index (χ2v) is 10.1. The molecule has 188 valence electrons. The number of carbonyl (C=O) groups is 2. The summed E-state index contributed by atoms with van der Waals surface area (Å²) in [6, 6.07) is 18.7. The van der Waals surface area contributed by atoms with Crippen molar-refractivity contribution in [3.05, 3.63) is 83.1 Å². The molecule has 2 amide bonds. The van der Waals surface area contributed by atoms with Gasteiger partial charge < -0.3 is 19.5 Å². The van der Waals surface area contributed by atoms with Crippen molar-refractivity contribution in [3.63, 3.8) is 0 Å². The molecule has 0 unspecified atom stereocenters. The number of carbonyl (C=O) groups excluding carboxylic acids is 2. The van der Waals surface area contributed by atoms with Gasteiger partial charge in [-0.2, -0.15) is 0 Å². The van der Waals surface area contributed by atoms with Crippen LogP contribution in [0.3, 0.4) is 0 Å². The first-order valence-corrected chi connectivity index (χ1v) is 13.4. The summed E-state index contributed by atoms with van der Waals surface area (Å²) in [6.07, 6.45) is 3.30. The van der Waals surface area contributed by atoms with Gasteiger partial charge in [-0.3, -0.25) is 14.6 Å². The molecule has 1 aliphatic rings. The van der Waals surface area contributed by atoms with Crippen molar-refractivity contribution in [2.45, 2.75) is 5.22 Å². The van der Waals surface area contributed by atoms with Crippen LogP contribution in [0.2, 0.25) is 0 Å². The summed E-state index contributed by atoms with van der Waals surface area (Å²) < 4.78 is 6.56. The van der Waals surface area contributed by atoms with Crippen molar-refractivity contribution in [2.75, 3.05) is 42.1 Å². The molecule has 9 nitrogen and oxygen atoms in total. The van der Waals surface area contributed by atoms with Crippen LogP contribution in [0, 0.1) is 0 Å². The largest absolute Gasteiger partial charge is 0.411 e. The second-order valence-electron chi connectivity index (χ2n) is 8.28. The van der Waals surface area contributed by atoms with E-state index in [-0.39, 0.29) is 17.6 Å². The number of aromatic nitrogens is 3. The van der Waals surface area contributed by atoms with Crippen molar-refractivity contribution < 1.29 is 14.0 Å².